The lowest BCUT2D eigenvalue weighted by atomic mass is 10.1. The number of nitrogens with zero attached hydrogens (tertiary/aromatic N) is 1. The van der Waals surface area contributed by atoms with Gasteiger partial charge in [-0.2, -0.15) is 11.8 Å². The first-order valence-electron chi connectivity index (χ1n) is 6.06. The number of nitrogens with two attached hydrogens (primary N) is 1. The van der Waals surface area contributed by atoms with Crippen molar-refractivity contribution >= 4 is 11.8 Å². The van der Waals surface area contributed by atoms with Gasteiger partial charge in [0.05, 0.1) is 10.9 Å². The van der Waals surface area contributed by atoms with Gasteiger partial charge >= 0.3 is 0 Å². The van der Waals surface area contributed by atoms with E-state index in [1.807, 2.05) is 30.1 Å². The maximum atomic E-state index is 6.17. The van der Waals surface area contributed by atoms with E-state index in [1.165, 1.54) is 0 Å². The van der Waals surface area contributed by atoms with E-state index in [1.54, 1.807) is 7.11 Å². The predicted molar refractivity (Wildman–Crippen MR) is 74.2 cm³/mol. The van der Waals surface area contributed by atoms with Crippen molar-refractivity contribution < 1.29 is 4.74 Å². The summed E-state index contributed by atoms with van der Waals surface area (Å²) in [7, 11) is 1.73. The molecule has 96 valence electrons. The van der Waals surface area contributed by atoms with Crippen molar-refractivity contribution in [1.29, 1.82) is 0 Å². The van der Waals surface area contributed by atoms with E-state index < -0.39 is 0 Å². The zero-order valence-electron chi connectivity index (χ0n) is 10.6. The molecule has 0 amide bonds. The van der Waals surface area contributed by atoms with Crippen LogP contribution in [0.3, 0.4) is 0 Å². The van der Waals surface area contributed by atoms with Crippen molar-refractivity contribution in [2.75, 3.05) is 19.5 Å². The molecule has 0 aromatic carbocycles. The third-order valence-corrected chi connectivity index (χ3v) is 4.10. The zero-order valence-corrected chi connectivity index (χ0v) is 11.5. The molecule has 4 heteroatoms. The fourth-order valence-electron chi connectivity index (χ4n) is 1.60. The first-order chi connectivity index (χ1) is 8.29. The highest BCUT2D eigenvalue weighted by molar-refractivity contribution is 7.99. The Labute approximate surface area is 108 Å². The Kier molecular flexibility index (Phi) is 7.24. The van der Waals surface area contributed by atoms with Crippen molar-refractivity contribution in [3.63, 3.8) is 0 Å². The van der Waals surface area contributed by atoms with Crippen molar-refractivity contribution in [1.82, 2.24) is 4.98 Å². The lowest BCUT2D eigenvalue weighted by molar-refractivity contribution is 0.200. The highest BCUT2D eigenvalue weighted by Gasteiger charge is 2.19. The van der Waals surface area contributed by atoms with Crippen LogP contribution in [-0.4, -0.2) is 30.5 Å². The molecular formula is C13H22N2OS. The summed E-state index contributed by atoms with van der Waals surface area (Å²) in [5.74, 6) is 1.06. The Hall–Kier alpha value is -0.580. The van der Waals surface area contributed by atoms with Gasteiger partial charge < -0.3 is 10.5 Å². The molecule has 0 saturated carbocycles. The topological polar surface area (TPSA) is 48.1 Å². The molecule has 0 spiro atoms. The summed E-state index contributed by atoms with van der Waals surface area (Å²) >= 11 is 1.88. The first kappa shape index (κ1) is 14.5. The minimum atomic E-state index is 0.164. The van der Waals surface area contributed by atoms with Gasteiger partial charge in [-0.05, 0) is 30.7 Å². The van der Waals surface area contributed by atoms with Crippen LogP contribution >= 0.6 is 11.8 Å². The van der Waals surface area contributed by atoms with E-state index in [0.717, 1.165) is 30.9 Å². The second-order valence-corrected chi connectivity index (χ2v) is 5.21. The average molecular weight is 254 g/mol. The number of aromatic nitrogens is 1. The van der Waals surface area contributed by atoms with Gasteiger partial charge in [0.2, 0.25) is 0 Å². The first-order valence-corrected chi connectivity index (χ1v) is 7.11. The van der Waals surface area contributed by atoms with E-state index in [9.17, 15) is 0 Å². The summed E-state index contributed by atoms with van der Waals surface area (Å²) in [5, 5.41) is 0.290. The van der Waals surface area contributed by atoms with Gasteiger partial charge in [-0.25, -0.2) is 0 Å². The molecule has 1 rings (SSSR count). The van der Waals surface area contributed by atoms with E-state index >= 15 is 0 Å². The lowest BCUT2D eigenvalue weighted by Gasteiger charge is -2.21. The Bertz CT molecular complexity index is 295. The minimum Gasteiger partial charge on any atom is -0.385 e. The third-order valence-electron chi connectivity index (χ3n) is 2.63. The van der Waals surface area contributed by atoms with Crippen LogP contribution in [0.1, 0.15) is 30.7 Å². The highest BCUT2D eigenvalue weighted by Crippen LogP contribution is 2.31. The van der Waals surface area contributed by atoms with Crippen molar-refractivity contribution in [3.05, 3.63) is 30.1 Å². The Morgan fingerprint density at radius 2 is 2.29 bits per heavy atom. The number of pyridine rings is 1. The molecular weight excluding hydrogens is 232 g/mol. The third kappa shape index (κ3) is 5.06. The number of methoxy groups -OCH3 is 1. The van der Waals surface area contributed by atoms with Gasteiger partial charge in [0.15, 0.2) is 0 Å². The monoisotopic (exact) mass is 254 g/mol. The maximum Gasteiger partial charge on any atom is 0.0620 e. The molecule has 1 aromatic heterocycles. The van der Waals surface area contributed by atoms with Gasteiger partial charge in [-0.1, -0.05) is 13.0 Å². The van der Waals surface area contributed by atoms with Crippen LogP contribution < -0.4 is 5.73 Å². The molecule has 3 nitrogen and oxygen atoms in total. The van der Waals surface area contributed by atoms with E-state index in [2.05, 4.69) is 18.0 Å². The fraction of sp³-hybridized carbons (Fsp3) is 0.615. The van der Waals surface area contributed by atoms with Crippen LogP contribution in [0.15, 0.2) is 24.4 Å². The maximum absolute atomic E-state index is 6.17. The van der Waals surface area contributed by atoms with Crippen molar-refractivity contribution in [2.45, 2.75) is 31.1 Å². The summed E-state index contributed by atoms with van der Waals surface area (Å²) in [5.41, 5.74) is 7.26. The Morgan fingerprint density at radius 1 is 1.47 bits per heavy atom. The molecule has 2 N–H and O–H groups in total. The highest BCUT2D eigenvalue weighted by atomic mass is 32.2. The number of hydrogen-bond acceptors (Lipinski definition) is 4. The molecule has 17 heavy (non-hydrogen) atoms. The molecule has 0 fully saturated rings. The molecule has 0 aliphatic heterocycles. The van der Waals surface area contributed by atoms with E-state index in [-0.39, 0.29) is 11.3 Å². The van der Waals surface area contributed by atoms with Crippen LogP contribution in [0.5, 0.6) is 0 Å². The lowest BCUT2D eigenvalue weighted by Crippen LogP contribution is -2.26. The number of thioether (sulfide) groups is 1. The van der Waals surface area contributed by atoms with Gasteiger partial charge in [0.1, 0.15) is 0 Å². The van der Waals surface area contributed by atoms with Gasteiger partial charge in [-0.3, -0.25) is 4.98 Å². The molecule has 0 bridgehead atoms. The van der Waals surface area contributed by atoms with Crippen LogP contribution in [-0.2, 0) is 4.74 Å². The summed E-state index contributed by atoms with van der Waals surface area (Å²) in [6.07, 6.45) is 3.86. The molecule has 1 aromatic rings. The minimum absolute atomic E-state index is 0.164. The zero-order chi connectivity index (χ0) is 12.5. The second kappa shape index (κ2) is 8.50. The normalized spacial score (nSPS) is 14.5. The summed E-state index contributed by atoms with van der Waals surface area (Å²) in [6, 6.07) is 6.18. The fourth-order valence-corrected chi connectivity index (χ4v) is 2.89. The summed E-state index contributed by atoms with van der Waals surface area (Å²) in [4.78, 5) is 4.41. The smallest absolute Gasteiger partial charge is 0.0620 e. The standard InChI is InChI=1S/C13H22N2OS/c1-3-11(14)13(17-10-6-9-16-2)12-7-4-5-8-15-12/h4-5,7-8,11,13H,3,6,9-10,14H2,1-2H3. The van der Waals surface area contributed by atoms with E-state index in [4.69, 9.17) is 10.5 Å². The number of hydrogen-bond donors (Lipinski definition) is 1. The van der Waals surface area contributed by atoms with Crippen LogP contribution in [0.2, 0.25) is 0 Å². The molecule has 2 unspecified atom stereocenters. The van der Waals surface area contributed by atoms with Crippen LogP contribution in [0, 0.1) is 0 Å². The predicted octanol–water partition coefficient (Wildman–Crippen LogP) is 2.63. The molecule has 0 aliphatic carbocycles. The van der Waals surface area contributed by atoms with Crippen LogP contribution in [0.25, 0.3) is 0 Å². The molecule has 1 heterocycles. The summed E-state index contributed by atoms with van der Waals surface area (Å²) in [6.45, 7) is 2.93. The SMILES string of the molecule is CCC(N)C(SCCCOC)c1ccccn1. The summed E-state index contributed by atoms with van der Waals surface area (Å²) < 4.78 is 5.06. The van der Waals surface area contributed by atoms with Gasteiger partial charge in [0.25, 0.3) is 0 Å². The Morgan fingerprint density at radius 3 is 2.88 bits per heavy atom. The number of ether oxygens (including phenoxy) is 1. The van der Waals surface area contributed by atoms with Gasteiger partial charge in [0, 0.05) is 26.0 Å². The molecule has 0 saturated heterocycles. The molecule has 0 aliphatic rings. The quantitative estimate of drug-likeness (QED) is 0.725. The Balaban J connectivity index is 2.55. The van der Waals surface area contributed by atoms with E-state index in [0.29, 0.717) is 0 Å². The van der Waals surface area contributed by atoms with Crippen molar-refractivity contribution in [2.24, 2.45) is 5.73 Å². The van der Waals surface area contributed by atoms with Gasteiger partial charge in [-0.15, -0.1) is 0 Å². The molecule has 2 atom stereocenters. The number of rotatable bonds is 8. The second-order valence-electron chi connectivity index (χ2n) is 3.96. The van der Waals surface area contributed by atoms with Crippen molar-refractivity contribution in [3.8, 4) is 0 Å². The van der Waals surface area contributed by atoms with Crippen LogP contribution in [0.4, 0.5) is 0 Å². The largest absolute Gasteiger partial charge is 0.385 e. The average Bonchev–Trinajstić information content (AvgIpc) is 2.39. The molecule has 0 radical (unpaired) electrons.